The normalized spacial score (nSPS) is 15.9. The summed E-state index contributed by atoms with van der Waals surface area (Å²) in [5.41, 5.74) is 1.53. The Kier molecular flexibility index (Phi) is 7.47. The lowest BCUT2D eigenvalue weighted by Crippen LogP contribution is -2.25. The fourth-order valence-electron chi connectivity index (χ4n) is 3.00. The molecule has 160 valence electrons. The van der Waals surface area contributed by atoms with Gasteiger partial charge >= 0.3 is 12.4 Å². The van der Waals surface area contributed by atoms with E-state index >= 15 is 0 Å². The quantitative estimate of drug-likeness (QED) is 0.610. The second kappa shape index (κ2) is 9.27. The van der Waals surface area contributed by atoms with Gasteiger partial charge in [-0.1, -0.05) is 0 Å². The summed E-state index contributed by atoms with van der Waals surface area (Å²) in [4.78, 5) is 7.65. The van der Waals surface area contributed by atoms with Crippen LogP contribution in [0.25, 0.3) is 0 Å². The molecule has 2 N–H and O–H groups in total. The van der Waals surface area contributed by atoms with Crippen molar-refractivity contribution < 1.29 is 26.3 Å². The largest absolute Gasteiger partial charge is 0.417 e. The molecule has 29 heavy (non-hydrogen) atoms. The Bertz CT molecular complexity index is 769. The van der Waals surface area contributed by atoms with Gasteiger partial charge in [0.2, 0.25) is 0 Å². The summed E-state index contributed by atoms with van der Waals surface area (Å²) in [5, 5.41) is 6.02. The Hall–Kier alpha value is -1.91. The Balaban J connectivity index is 0.000000200. The van der Waals surface area contributed by atoms with Crippen molar-refractivity contribution in [3.05, 3.63) is 58.2 Å². The molecule has 0 spiro atoms. The van der Waals surface area contributed by atoms with E-state index in [4.69, 9.17) is 0 Å². The van der Waals surface area contributed by atoms with Crippen molar-refractivity contribution in [1.82, 2.24) is 20.6 Å². The first-order chi connectivity index (χ1) is 13.1. The lowest BCUT2D eigenvalue weighted by molar-refractivity contribution is -0.138. The van der Waals surface area contributed by atoms with Crippen LogP contribution in [0.1, 0.15) is 33.6 Å². The number of hydrogen-bond donors (Lipinski definition) is 2. The van der Waals surface area contributed by atoms with E-state index in [9.17, 15) is 26.3 Å². The molecule has 0 saturated carbocycles. The zero-order valence-corrected chi connectivity index (χ0v) is 15.9. The van der Waals surface area contributed by atoms with E-state index in [1.165, 1.54) is 12.1 Å². The molecular formula is C18H19ClF6N4. The number of nitrogens with one attached hydrogen (secondary N) is 2. The van der Waals surface area contributed by atoms with Crippen LogP contribution >= 0.6 is 12.4 Å². The molecular weight excluding hydrogens is 422 g/mol. The summed E-state index contributed by atoms with van der Waals surface area (Å²) in [6.45, 7) is 2.52. The monoisotopic (exact) mass is 440 g/mol. The van der Waals surface area contributed by atoms with Crippen molar-refractivity contribution in [1.29, 1.82) is 0 Å². The van der Waals surface area contributed by atoms with Crippen LogP contribution in [0.3, 0.4) is 0 Å². The Morgan fingerprint density at radius 2 is 1.07 bits per heavy atom. The molecule has 0 radical (unpaired) electrons. The van der Waals surface area contributed by atoms with Gasteiger partial charge in [0.15, 0.2) is 0 Å². The standard InChI is InChI=1S/2C9H9F3N2.ClH/c2*10-9(11,12)7-3-6-4-13-2-1-8(6)14-5-7;/h2*3,5,13H,1-2,4H2;1H. The predicted molar refractivity (Wildman–Crippen MR) is 96.5 cm³/mol. The molecule has 0 atom stereocenters. The van der Waals surface area contributed by atoms with Gasteiger partial charge in [0.25, 0.3) is 0 Å². The minimum Gasteiger partial charge on any atom is -0.312 e. The molecule has 4 rings (SSSR count). The molecule has 2 aliphatic rings. The third-order valence-electron chi connectivity index (χ3n) is 4.48. The topological polar surface area (TPSA) is 49.8 Å². The summed E-state index contributed by atoms with van der Waals surface area (Å²) in [5.74, 6) is 0. The number of halogens is 7. The van der Waals surface area contributed by atoms with Crippen LogP contribution in [0.5, 0.6) is 0 Å². The lowest BCUT2D eigenvalue weighted by Gasteiger charge is -2.17. The van der Waals surface area contributed by atoms with Gasteiger partial charge in [0, 0.05) is 62.8 Å². The zero-order chi connectivity index (χ0) is 20.4. The van der Waals surface area contributed by atoms with Gasteiger partial charge < -0.3 is 10.6 Å². The van der Waals surface area contributed by atoms with E-state index in [2.05, 4.69) is 20.6 Å². The molecule has 0 unspecified atom stereocenters. The van der Waals surface area contributed by atoms with E-state index in [0.29, 0.717) is 37.1 Å². The molecule has 2 aromatic heterocycles. The Morgan fingerprint density at radius 3 is 1.41 bits per heavy atom. The lowest BCUT2D eigenvalue weighted by atomic mass is 10.1. The van der Waals surface area contributed by atoms with Crippen molar-refractivity contribution >= 4 is 12.4 Å². The smallest absolute Gasteiger partial charge is 0.312 e. The molecule has 11 heteroatoms. The number of pyridine rings is 2. The third-order valence-corrected chi connectivity index (χ3v) is 4.48. The van der Waals surface area contributed by atoms with Crippen LogP contribution in [-0.4, -0.2) is 23.1 Å². The van der Waals surface area contributed by atoms with Crippen molar-refractivity contribution in [2.45, 2.75) is 38.3 Å². The summed E-state index contributed by atoms with van der Waals surface area (Å²) >= 11 is 0. The van der Waals surface area contributed by atoms with E-state index < -0.39 is 23.5 Å². The maximum Gasteiger partial charge on any atom is 0.417 e. The fraction of sp³-hybridized carbons (Fsp3) is 0.444. The maximum atomic E-state index is 12.3. The molecule has 0 aliphatic carbocycles. The Morgan fingerprint density at radius 1 is 0.690 bits per heavy atom. The summed E-state index contributed by atoms with van der Waals surface area (Å²) in [7, 11) is 0. The number of fused-ring (bicyclic) bond motifs is 2. The van der Waals surface area contributed by atoms with E-state index in [0.717, 1.165) is 36.9 Å². The van der Waals surface area contributed by atoms with E-state index in [1.54, 1.807) is 0 Å². The predicted octanol–water partition coefficient (Wildman–Crippen LogP) is 3.91. The fourth-order valence-corrected chi connectivity index (χ4v) is 3.00. The second-order valence-electron chi connectivity index (χ2n) is 6.51. The molecule has 0 fully saturated rings. The summed E-state index contributed by atoms with van der Waals surface area (Å²) in [6, 6.07) is 2.35. The zero-order valence-electron chi connectivity index (χ0n) is 15.1. The molecule has 0 saturated heterocycles. The third kappa shape index (κ3) is 6.03. The number of rotatable bonds is 0. The molecule has 0 bridgehead atoms. The van der Waals surface area contributed by atoms with E-state index in [-0.39, 0.29) is 12.4 Å². The molecule has 0 amide bonds. The van der Waals surface area contributed by atoms with Crippen LogP contribution in [0.2, 0.25) is 0 Å². The highest BCUT2D eigenvalue weighted by atomic mass is 35.5. The number of hydrogen-bond acceptors (Lipinski definition) is 4. The molecule has 2 aromatic rings. The molecule has 4 heterocycles. The number of alkyl halides is 6. The van der Waals surface area contributed by atoms with Crippen molar-refractivity contribution in [2.24, 2.45) is 0 Å². The molecule has 2 aliphatic heterocycles. The van der Waals surface area contributed by atoms with Gasteiger partial charge in [-0.05, 0) is 23.3 Å². The minimum atomic E-state index is -4.29. The SMILES string of the molecule is Cl.FC(F)(F)c1cnc2c(c1)CNCC2.FC(F)(F)c1cnc2c(c1)CNCC2. The maximum absolute atomic E-state index is 12.3. The highest BCUT2D eigenvalue weighted by Gasteiger charge is 2.32. The second-order valence-corrected chi connectivity index (χ2v) is 6.51. The highest BCUT2D eigenvalue weighted by molar-refractivity contribution is 5.85. The van der Waals surface area contributed by atoms with Crippen LogP contribution in [0, 0.1) is 0 Å². The van der Waals surface area contributed by atoms with Crippen LogP contribution in [0.15, 0.2) is 24.5 Å². The van der Waals surface area contributed by atoms with E-state index in [1.807, 2.05) is 0 Å². The first-order valence-corrected chi connectivity index (χ1v) is 8.66. The Labute approximate surface area is 169 Å². The van der Waals surface area contributed by atoms with Gasteiger partial charge in [0.05, 0.1) is 11.1 Å². The van der Waals surface area contributed by atoms with Crippen LogP contribution in [0.4, 0.5) is 26.3 Å². The number of aromatic nitrogens is 2. The molecule has 0 aromatic carbocycles. The minimum absolute atomic E-state index is 0. The van der Waals surface area contributed by atoms with Crippen LogP contribution in [-0.2, 0) is 38.3 Å². The average molecular weight is 441 g/mol. The van der Waals surface area contributed by atoms with Crippen molar-refractivity contribution in [2.75, 3.05) is 13.1 Å². The van der Waals surface area contributed by atoms with Crippen molar-refractivity contribution in [3.8, 4) is 0 Å². The first-order valence-electron chi connectivity index (χ1n) is 8.66. The summed E-state index contributed by atoms with van der Waals surface area (Å²) in [6.07, 6.45) is -5.37. The van der Waals surface area contributed by atoms with Gasteiger partial charge in [0.1, 0.15) is 0 Å². The highest BCUT2D eigenvalue weighted by Crippen LogP contribution is 2.31. The van der Waals surface area contributed by atoms with Gasteiger partial charge in [-0.25, -0.2) is 0 Å². The number of nitrogens with zero attached hydrogens (tertiary/aromatic N) is 2. The van der Waals surface area contributed by atoms with Crippen molar-refractivity contribution in [3.63, 3.8) is 0 Å². The molecule has 4 nitrogen and oxygen atoms in total. The van der Waals surface area contributed by atoms with Gasteiger partial charge in [-0.15, -0.1) is 12.4 Å². The first kappa shape index (κ1) is 23.4. The van der Waals surface area contributed by atoms with Crippen LogP contribution < -0.4 is 10.6 Å². The average Bonchev–Trinajstić information content (AvgIpc) is 2.66. The van der Waals surface area contributed by atoms with Gasteiger partial charge in [-0.2, -0.15) is 26.3 Å². The van der Waals surface area contributed by atoms with Gasteiger partial charge in [-0.3, -0.25) is 9.97 Å². The summed E-state index contributed by atoms with van der Waals surface area (Å²) < 4.78 is 73.8.